The van der Waals surface area contributed by atoms with Gasteiger partial charge < -0.3 is 10.6 Å². The molecule has 2 N–H and O–H groups in total. The van der Waals surface area contributed by atoms with Crippen LogP contribution in [0, 0.1) is 5.41 Å². The molecule has 2 rings (SSSR count). The van der Waals surface area contributed by atoms with Gasteiger partial charge in [-0.15, -0.1) is 0 Å². The topological polar surface area (TPSA) is 49.8 Å². The summed E-state index contributed by atoms with van der Waals surface area (Å²) in [7, 11) is 0. The first-order valence-electron chi connectivity index (χ1n) is 7.46. The molecule has 0 aromatic carbocycles. The van der Waals surface area contributed by atoms with E-state index in [-0.39, 0.29) is 0 Å². The van der Waals surface area contributed by atoms with E-state index >= 15 is 0 Å². The second kappa shape index (κ2) is 6.66. The summed E-state index contributed by atoms with van der Waals surface area (Å²) < 4.78 is 0. The summed E-state index contributed by atoms with van der Waals surface area (Å²) in [6, 6.07) is 2.54. The molecule has 1 fully saturated rings. The minimum Gasteiger partial charge on any atom is -0.370 e. The number of nitrogens with zero attached hydrogens (tertiary/aromatic N) is 2. The maximum atomic E-state index is 4.58. The number of aromatic nitrogens is 2. The van der Waals surface area contributed by atoms with Gasteiger partial charge in [0.25, 0.3) is 0 Å². The molecule has 1 aliphatic carbocycles. The monoisotopic (exact) mass is 294 g/mol. The Labute approximate surface area is 126 Å². The molecule has 112 valence electrons. The van der Waals surface area contributed by atoms with Crippen molar-refractivity contribution in [1.82, 2.24) is 9.97 Å². The summed E-state index contributed by atoms with van der Waals surface area (Å²) in [5.74, 6) is 1.85. The maximum Gasteiger partial charge on any atom is 0.191 e. The molecule has 1 aliphatic rings. The van der Waals surface area contributed by atoms with Gasteiger partial charge in [0.15, 0.2) is 5.16 Å². The van der Waals surface area contributed by atoms with Crippen LogP contribution in [0.25, 0.3) is 0 Å². The highest BCUT2D eigenvalue weighted by Gasteiger charge is 2.28. The Morgan fingerprint density at radius 2 is 2.10 bits per heavy atom. The Kier molecular flexibility index (Phi) is 5.13. The van der Waals surface area contributed by atoms with Gasteiger partial charge in [-0.2, -0.15) is 0 Å². The van der Waals surface area contributed by atoms with E-state index in [0.29, 0.717) is 11.5 Å². The van der Waals surface area contributed by atoms with Crippen LogP contribution in [-0.4, -0.2) is 28.8 Å². The lowest BCUT2D eigenvalue weighted by molar-refractivity contribution is 0.229. The third kappa shape index (κ3) is 4.27. The molecular weight excluding hydrogens is 268 g/mol. The van der Waals surface area contributed by atoms with Gasteiger partial charge in [-0.25, -0.2) is 9.97 Å². The normalized spacial score (nSPS) is 21.5. The highest BCUT2D eigenvalue weighted by molar-refractivity contribution is 7.98. The van der Waals surface area contributed by atoms with E-state index in [1.807, 2.05) is 12.3 Å². The number of anilines is 2. The molecule has 0 aliphatic heterocycles. The van der Waals surface area contributed by atoms with E-state index in [4.69, 9.17) is 0 Å². The van der Waals surface area contributed by atoms with Gasteiger partial charge in [0.1, 0.15) is 11.6 Å². The molecule has 20 heavy (non-hydrogen) atoms. The molecule has 4 nitrogen and oxygen atoms in total. The number of rotatable bonds is 5. The van der Waals surface area contributed by atoms with Gasteiger partial charge in [-0.1, -0.05) is 32.0 Å². The third-order valence-electron chi connectivity index (χ3n) is 3.80. The van der Waals surface area contributed by atoms with Gasteiger partial charge in [-0.3, -0.25) is 0 Å². The van der Waals surface area contributed by atoms with Crippen LogP contribution in [0.3, 0.4) is 0 Å². The summed E-state index contributed by atoms with van der Waals surface area (Å²) >= 11 is 1.58. The van der Waals surface area contributed by atoms with Crippen LogP contribution in [0.5, 0.6) is 0 Å². The van der Waals surface area contributed by atoms with E-state index in [0.717, 1.165) is 23.3 Å². The predicted molar refractivity (Wildman–Crippen MR) is 87.6 cm³/mol. The lowest BCUT2D eigenvalue weighted by Crippen LogP contribution is -2.32. The number of nitrogens with one attached hydrogen (secondary N) is 2. The third-order valence-corrected chi connectivity index (χ3v) is 4.35. The van der Waals surface area contributed by atoms with E-state index < -0.39 is 0 Å². The summed E-state index contributed by atoms with van der Waals surface area (Å²) in [5.41, 5.74) is 0.440. The van der Waals surface area contributed by atoms with Gasteiger partial charge >= 0.3 is 0 Å². The average Bonchev–Trinajstić information content (AvgIpc) is 2.37. The molecule has 0 saturated heterocycles. The minimum atomic E-state index is 0.440. The molecule has 1 aromatic heterocycles. The van der Waals surface area contributed by atoms with Gasteiger partial charge in [0.2, 0.25) is 0 Å². The summed E-state index contributed by atoms with van der Waals surface area (Å²) in [6.45, 7) is 7.68. The van der Waals surface area contributed by atoms with Crippen molar-refractivity contribution >= 4 is 23.4 Å². The fourth-order valence-corrected chi connectivity index (χ4v) is 3.27. The zero-order valence-corrected chi connectivity index (χ0v) is 13.8. The molecule has 5 heteroatoms. The van der Waals surface area contributed by atoms with E-state index in [2.05, 4.69) is 41.4 Å². The zero-order chi connectivity index (χ0) is 14.6. The van der Waals surface area contributed by atoms with Crippen LogP contribution in [0.4, 0.5) is 11.6 Å². The van der Waals surface area contributed by atoms with Gasteiger partial charge in [0.05, 0.1) is 0 Å². The molecule has 0 spiro atoms. The number of hydrogen-bond donors (Lipinski definition) is 2. The first-order valence-corrected chi connectivity index (χ1v) is 8.68. The first kappa shape index (κ1) is 15.4. The summed E-state index contributed by atoms with van der Waals surface area (Å²) in [4.78, 5) is 9.04. The van der Waals surface area contributed by atoms with Crippen LogP contribution >= 0.6 is 11.8 Å². The molecule has 0 bridgehead atoms. The van der Waals surface area contributed by atoms with Crippen molar-refractivity contribution in [1.29, 1.82) is 0 Å². The Morgan fingerprint density at radius 3 is 2.75 bits per heavy atom. The first-order chi connectivity index (χ1) is 9.52. The van der Waals surface area contributed by atoms with E-state index in [1.54, 1.807) is 11.8 Å². The Bertz CT molecular complexity index is 447. The fraction of sp³-hybridized carbons (Fsp3) is 0.733. The minimum absolute atomic E-state index is 0.440. The van der Waals surface area contributed by atoms with Crippen molar-refractivity contribution in [3.05, 3.63) is 6.07 Å². The van der Waals surface area contributed by atoms with Crippen LogP contribution < -0.4 is 10.6 Å². The molecule has 1 saturated carbocycles. The summed E-state index contributed by atoms with van der Waals surface area (Å²) in [5, 5.41) is 7.70. The second-order valence-electron chi connectivity index (χ2n) is 6.26. The lowest BCUT2D eigenvalue weighted by atomic mass is 9.75. The Morgan fingerprint density at radius 1 is 1.35 bits per heavy atom. The molecule has 1 unspecified atom stereocenters. The predicted octanol–water partition coefficient (Wildman–Crippen LogP) is 4.01. The standard InChI is InChI=1S/C15H26N4S/c1-5-16-12-9-13(19-14(18-12)20-4)17-11-7-6-8-15(2,3)10-11/h9,11H,5-8,10H2,1-4H3,(H2,16,17,18,19). The van der Waals surface area contributed by atoms with Crippen LogP contribution in [0.15, 0.2) is 11.2 Å². The quantitative estimate of drug-likeness (QED) is 0.635. The Balaban J connectivity index is 2.09. The molecule has 1 aromatic rings. The summed E-state index contributed by atoms with van der Waals surface area (Å²) in [6.07, 6.45) is 7.08. The van der Waals surface area contributed by atoms with Crippen molar-refractivity contribution in [2.75, 3.05) is 23.4 Å². The molecule has 0 amide bonds. The Hall–Kier alpha value is -0.970. The molecule has 1 heterocycles. The molecular formula is C15H26N4S. The molecule has 1 atom stereocenters. The van der Waals surface area contributed by atoms with E-state index in [9.17, 15) is 0 Å². The van der Waals surface area contributed by atoms with E-state index in [1.165, 1.54) is 25.7 Å². The van der Waals surface area contributed by atoms with Crippen LogP contribution in [0.2, 0.25) is 0 Å². The largest absolute Gasteiger partial charge is 0.370 e. The van der Waals surface area contributed by atoms with Gasteiger partial charge in [-0.05, 0) is 37.9 Å². The van der Waals surface area contributed by atoms with Crippen molar-refractivity contribution in [3.63, 3.8) is 0 Å². The highest BCUT2D eigenvalue weighted by atomic mass is 32.2. The van der Waals surface area contributed by atoms with Crippen molar-refractivity contribution < 1.29 is 0 Å². The zero-order valence-electron chi connectivity index (χ0n) is 13.0. The molecule has 0 radical (unpaired) electrons. The van der Waals surface area contributed by atoms with Crippen molar-refractivity contribution in [2.45, 2.75) is 57.7 Å². The second-order valence-corrected chi connectivity index (χ2v) is 7.03. The fourth-order valence-electron chi connectivity index (χ4n) is 2.89. The average molecular weight is 294 g/mol. The number of hydrogen-bond acceptors (Lipinski definition) is 5. The van der Waals surface area contributed by atoms with Crippen molar-refractivity contribution in [2.24, 2.45) is 5.41 Å². The number of thioether (sulfide) groups is 1. The van der Waals surface area contributed by atoms with Crippen LogP contribution in [-0.2, 0) is 0 Å². The smallest absolute Gasteiger partial charge is 0.191 e. The van der Waals surface area contributed by atoms with Gasteiger partial charge in [0, 0.05) is 18.7 Å². The highest BCUT2D eigenvalue weighted by Crippen LogP contribution is 2.36. The van der Waals surface area contributed by atoms with Crippen molar-refractivity contribution in [3.8, 4) is 0 Å². The lowest BCUT2D eigenvalue weighted by Gasteiger charge is -2.35. The van der Waals surface area contributed by atoms with Crippen LogP contribution in [0.1, 0.15) is 46.5 Å². The maximum absolute atomic E-state index is 4.58. The SMILES string of the molecule is CCNc1cc(NC2CCCC(C)(C)C2)nc(SC)n1.